The summed E-state index contributed by atoms with van der Waals surface area (Å²) in [5.41, 5.74) is 9.41. The second kappa shape index (κ2) is 3.85. The molecule has 1 atom stereocenters. The van der Waals surface area contributed by atoms with Crippen molar-refractivity contribution < 1.29 is 0 Å². The lowest BCUT2D eigenvalue weighted by atomic mass is 9.72. The maximum absolute atomic E-state index is 6.64. The SMILES string of the molecule is NC1(C2CCc3cccnc32)CCCCC1. The number of nitrogens with zero attached hydrogens (tertiary/aromatic N) is 1. The minimum atomic E-state index is 0.0395. The van der Waals surface area contributed by atoms with Crippen LogP contribution in [0.25, 0.3) is 0 Å². The lowest BCUT2D eigenvalue weighted by Crippen LogP contribution is -2.46. The fourth-order valence-corrected chi connectivity index (χ4v) is 3.53. The Morgan fingerprint density at radius 1 is 1.25 bits per heavy atom. The molecule has 0 saturated heterocycles. The van der Waals surface area contributed by atoms with Crippen LogP contribution in [0, 0.1) is 0 Å². The molecule has 1 unspecified atom stereocenters. The van der Waals surface area contributed by atoms with Crippen LogP contribution in [0.2, 0.25) is 0 Å². The molecule has 2 aliphatic carbocycles. The predicted molar refractivity (Wildman–Crippen MR) is 65.3 cm³/mol. The van der Waals surface area contributed by atoms with Gasteiger partial charge in [0.05, 0.1) is 0 Å². The molecule has 2 N–H and O–H groups in total. The molecule has 0 aliphatic heterocycles. The summed E-state index contributed by atoms with van der Waals surface area (Å²) in [4.78, 5) is 4.58. The highest BCUT2D eigenvalue weighted by Crippen LogP contribution is 2.44. The van der Waals surface area contributed by atoms with Crippen LogP contribution in [0.5, 0.6) is 0 Å². The molecule has 2 nitrogen and oxygen atoms in total. The van der Waals surface area contributed by atoms with Gasteiger partial charge >= 0.3 is 0 Å². The largest absolute Gasteiger partial charge is 0.324 e. The molecule has 16 heavy (non-hydrogen) atoms. The molecule has 1 fully saturated rings. The van der Waals surface area contributed by atoms with E-state index in [2.05, 4.69) is 11.1 Å². The molecule has 86 valence electrons. The zero-order chi connectivity index (χ0) is 11.0. The fraction of sp³-hybridized carbons (Fsp3) is 0.643. The molecular formula is C14H20N2. The zero-order valence-corrected chi connectivity index (χ0v) is 9.78. The number of pyridine rings is 1. The lowest BCUT2D eigenvalue weighted by molar-refractivity contribution is 0.243. The van der Waals surface area contributed by atoms with E-state index in [1.54, 1.807) is 0 Å². The van der Waals surface area contributed by atoms with Gasteiger partial charge in [-0.2, -0.15) is 0 Å². The maximum atomic E-state index is 6.64. The Morgan fingerprint density at radius 2 is 2.06 bits per heavy atom. The van der Waals surface area contributed by atoms with Gasteiger partial charge in [-0.1, -0.05) is 25.3 Å². The molecule has 1 heterocycles. The molecule has 1 aromatic rings. The zero-order valence-electron chi connectivity index (χ0n) is 9.78. The van der Waals surface area contributed by atoms with E-state index in [0.717, 1.165) is 0 Å². The monoisotopic (exact) mass is 216 g/mol. The summed E-state index contributed by atoms with van der Waals surface area (Å²) < 4.78 is 0. The van der Waals surface area contributed by atoms with Gasteiger partial charge in [0.25, 0.3) is 0 Å². The van der Waals surface area contributed by atoms with Crippen molar-refractivity contribution in [2.45, 2.75) is 56.4 Å². The van der Waals surface area contributed by atoms with E-state index in [9.17, 15) is 0 Å². The molecular weight excluding hydrogens is 196 g/mol. The van der Waals surface area contributed by atoms with Gasteiger partial charge in [0.15, 0.2) is 0 Å². The lowest BCUT2D eigenvalue weighted by Gasteiger charge is -2.38. The highest BCUT2D eigenvalue weighted by molar-refractivity contribution is 5.32. The van der Waals surface area contributed by atoms with E-state index in [-0.39, 0.29) is 5.54 Å². The third-order valence-corrected chi connectivity index (χ3v) is 4.44. The Balaban J connectivity index is 1.91. The van der Waals surface area contributed by atoms with Crippen molar-refractivity contribution in [3.63, 3.8) is 0 Å². The van der Waals surface area contributed by atoms with E-state index in [1.807, 2.05) is 12.3 Å². The quantitative estimate of drug-likeness (QED) is 0.784. The summed E-state index contributed by atoms with van der Waals surface area (Å²) >= 11 is 0. The van der Waals surface area contributed by atoms with Crippen molar-refractivity contribution >= 4 is 0 Å². The third-order valence-electron chi connectivity index (χ3n) is 4.44. The van der Waals surface area contributed by atoms with Crippen molar-refractivity contribution in [2.24, 2.45) is 5.73 Å². The Kier molecular flexibility index (Phi) is 2.47. The van der Waals surface area contributed by atoms with Crippen LogP contribution in [-0.4, -0.2) is 10.5 Å². The molecule has 0 aromatic carbocycles. The standard InChI is InChI=1S/C14H20N2/c15-14(8-2-1-3-9-14)12-7-6-11-5-4-10-16-13(11)12/h4-5,10,12H,1-3,6-9,15H2. The first-order valence-electron chi connectivity index (χ1n) is 6.52. The average molecular weight is 216 g/mol. The number of aromatic nitrogens is 1. The van der Waals surface area contributed by atoms with Crippen molar-refractivity contribution in [1.29, 1.82) is 0 Å². The van der Waals surface area contributed by atoms with Crippen LogP contribution in [0.1, 0.15) is 55.7 Å². The minimum Gasteiger partial charge on any atom is -0.324 e. The molecule has 2 heteroatoms. The van der Waals surface area contributed by atoms with Crippen LogP contribution in [0.15, 0.2) is 18.3 Å². The first-order chi connectivity index (χ1) is 7.80. The van der Waals surface area contributed by atoms with Gasteiger partial charge in [-0.3, -0.25) is 4.98 Å². The van der Waals surface area contributed by atoms with Crippen molar-refractivity contribution in [3.8, 4) is 0 Å². The minimum absolute atomic E-state index is 0.0395. The highest BCUT2D eigenvalue weighted by atomic mass is 14.8. The van der Waals surface area contributed by atoms with Gasteiger partial charge < -0.3 is 5.73 Å². The number of hydrogen-bond donors (Lipinski definition) is 1. The Labute approximate surface area is 97.3 Å². The van der Waals surface area contributed by atoms with Gasteiger partial charge in [-0.15, -0.1) is 0 Å². The number of hydrogen-bond acceptors (Lipinski definition) is 2. The molecule has 0 radical (unpaired) electrons. The topological polar surface area (TPSA) is 38.9 Å². The van der Waals surface area contributed by atoms with E-state index in [4.69, 9.17) is 5.73 Å². The summed E-state index contributed by atoms with van der Waals surface area (Å²) in [5.74, 6) is 0.518. The Bertz CT molecular complexity index is 380. The average Bonchev–Trinajstić information content (AvgIpc) is 2.74. The molecule has 0 bridgehead atoms. The molecule has 3 rings (SSSR count). The van der Waals surface area contributed by atoms with Crippen LogP contribution in [-0.2, 0) is 6.42 Å². The normalized spacial score (nSPS) is 27.7. The van der Waals surface area contributed by atoms with Crippen molar-refractivity contribution in [3.05, 3.63) is 29.6 Å². The van der Waals surface area contributed by atoms with Crippen LogP contribution < -0.4 is 5.73 Å². The van der Waals surface area contributed by atoms with Gasteiger partial charge in [0, 0.05) is 23.3 Å². The summed E-state index contributed by atoms with van der Waals surface area (Å²) in [5, 5.41) is 0. The predicted octanol–water partition coefficient (Wildman–Crippen LogP) is 2.77. The van der Waals surface area contributed by atoms with Crippen molar-refractivity contribution in [1.82, 2.24) is 4.98 Å². The van der Waals surface area contributed by atoms with E-state index < -0.39 is 0 Å². The molecule has 2 aliphatic rings. The smallest absolute Gasteiger partial charge is 0.0484 e. The first-order valence-corrected chi connectivity index (χ1v) is 6.52. The third kappa shape index (κ3) is 1.56. The summed E-state index contributed by atoms with van der Waals surface area (Å²) in [6, 6.07) is 4.26. The van der Waals surface area contributed by atoms with E-state index in [1.165, 1.54) is 56.2 Å². The van der Waals surface area contributed by atoms with Crippen LogP contribution in [0.3, 0.4) is 0 Å². The number of rotatable bonds is 1. The molecule has 0 spiro atoms. The number of fused-ring (bicyclic) bond motifs is 1. The summed E-state index contributed by atoms with van der Waals surface area (Å²) in [6.45, 7) is 0. The molecule has 1 aromatic heterocycles. The Morgan fingerprint density at radius 3 is 2.88 bits per heavy atom. The highest BCUT2D eigenvalue weighted by Gasteiger charge is 2.40. The van der Waals surface area contributed by atoms with E-state index in [0.29, 0.717) is 5.92 Å². The second-order valence-electron chi connectivity index (χ2n) is 5.43. The summed E-state index contributed by atoms with van der Waals surface area (Å²) in [6.07, 6.45) is 10.6. The number of aryl methyl sites for hydroxylation is 1. The van der Waals surface area contributed by atoms with Gasteiger partial charge in [-0.05, 0) is 37.3 Å². The van der Waals surface area contributed by atoms with Crippen LogP contribution >= 0.6 is 0 Å². The maximum Gasteiger partial charge on any atom is 0.0484 e. The second-order valence-corrected chi connectivity index (χ2v) is 5.43. The van der Waals surface area contributed by atoms with Gasteiger partial charge in [-0.25, -0.2) is 0 Å². The molecule has 1 saturated carbocycles. The van der Waals surface area contributed by atoms with E-state index >= 15 is 0 Å². The van der Waals surface area contributed by atoms with Gasteiger partial charge in [0.1, 0.15) is 0 Å². The summed E-state index contributed by atoms with van der Waals surface area (Å²) in [7, 11) is 0. The van der Waals surface area contributed by atoms with Gasteiger partial charge in [0.2, 0.25) is 0 Å². The van der Waals surface area contributed by atoms with Crippen LogP contribution in [0.4, 0.5) is 0 Å². The first kappa shape index (κ1) is 10.3. The fourth-order valence-electron chi connectivity index (χ4n) is 3.53. The number of nitrogens with two attached hydrogens (primary N) is 1. The molecule has 0 amide bonds. The Hall–Kier alpha value is -0.890. The van der Waals surface area contributed by atoms with Crippen molar-refractivity contribution in [2.75, 3.05) is 0 Å².